The van der Waals surface area contributed by atoms with Crippen LogP contribution < -0.4 is 15.8 Å². The Bertz CT molecular complexity index is 514. The summed E-state index contributed by atoms with van der Waals surface area (Å²) in [6.45, 7) is 0. The van der Waals surface area contributed by atoms with E-state index in [2.05, 4.69) is 15.8 Å². The van der Waals surface area contributed by atoms with Gasteiger partial charge in [0.15, 0.2) is 0 Å². The van der Waals surface area contributed by atoms with Crippen LogP contribution in [0, 0.1) is 0 Å². The van der Waals surface area contributed by atoms with Gasteiger partial charge in [-0.3, -0.25) is 5.43 Å². The van der Waals surface area contributed by atoms with Gasteiger partial charge in [0.2, 0.25) is 0 Å². The zero-order valence-electron chi connectivity index (χ0n) is 10.3. The van der Waals surface area contributed by atoms with E-state index in [4.69, 9.17) is 11.6 Å². The zero-order valence-corrected chi connectivity index (χ0v) is 11.0. The van der Waals surface area contributed by atoms with E-state index in [-0.39, 0.29) is 0 Å². The molecule has 0 saturated carbocycles. The predicted octanol–water partition coefficient (Wildman–Crippen LogP) is 3.06. The van der Waals surface area contributed by atoms with E-state index in [1.54, 1.807) is 6.20 Å². The highest BCUT2D eigenvalue weighted by Gasteiger charge is 2.10. The van der Waals surface area contributed by atoms with Gasteiger partial charge in [0.25, 0.3) is 0 Å². The molecule has 2 aromatic rings. The van der Waals surface area contributed by atoms with Gasteiger partial charge in [0, 0.05) is 20.3 Å². The van der Waals surface area contributed by atoms with Crippen molar-refractivity contribution >= 4 is 28.8 Å². The van der Waals surface area contributed by atoms with Crippen molar-refractivity contribution in [3.63, 3.8) is 0 Å². The van der Waals surface area contributed by atoms with Crippen molar-refractivity contribution in [1.29, 1.82) is 0 Å². The monoisotopic (exact) mass is 261 g/mol. The number of hydrogen-bond donors (Lipinski definition) is 1. The van der Waals surface area contributed by atoms with Crippen molar-refractivity contribution in [1.82, 2.24) is 10.4 Å². The maximum atomic E-state index is 6.16. The Balaban J connectivity index is 2.19. The number of nitrogens with zero attached hydrogens (tertiary/aromatic N) is 3. The van der Waals surface area contributed by atoms with Gasteiger partial charge in [-0.05, 0) is 24.3 Å². The molecule has 0 aliphatic rings. The number of hydrogen-bond acceptors (Lipinski definition) is 3. The molecule has 1 aromatic carbocycles. The molecular weight excluding hydrogens is 248 g/mol. The molecule has 18 heavy (non-hydrogen) atoms. The summed E-state index contributed by atoms with van der Waals surface area (Å²) < 4.78 is 0. The van der Waals surface area contributed by atoms with Crippen molar-refractivity contribution in [3.05, 3.63) is 47.6 Å². The molecule has 0 aliphatic heterocycles. The van der Waals surface area contributed by atoms with Crippen LogP contribution in [0.2, 0.25) is 5.02 Å². The number of rotatable bonds is 4. The van der Waals surface area contributed by atoms with Crippen LogP contribution in [0.5, 0.6) is 0 Å². The highest BCUT2D eigenvalue weighted by molar-refractivity contribution is 6.33. The first-order valence-corrected chi connectivity index (χ1v) is 5.90. The molecule has 2 rings (SSSR count). The second-order valence-corrected chi connectivity index (χ2v) is 4.35. The molecule has 0 spiro atoms. The highest BCUT2D eigenvalue weighted by Crippen LogP contribution is 2.31. The van der Waals surface area contributed by atoms with E-state index in [0.717, 1.165) is 5.69 Å². The molecule has 0 atom stereocenters. The van der Waals surface area contributed by atoms with Gasteiger partial charge in [-0.15, -0.1) is 0 Å². The van der Waals surface area contributed by atoms with E-state index in [1.165, 1.54) is 0 Å². The molecule has 1 N–H and O–H groups in total. The molecule has 0 amide bonds. The Morgan fingerprint density at radius 2 is 2.00 bits per heavy atom. The van der Waals surface area contributed by atoms with Crippen molar-refractivity contribution in [2.24, 2.45) is 0 Å². The predicted molar refractivity (Wildman–Crippen MR) is 75.4 cm³/mol. The summed E-state index contributed by atoms with van der Waals surface area (Å²) in [5, 5.41) is 0.602. The second kappa shape index (κ2) is 5.60. The third kappa shape index (κ3) is 2.84. The van der Waals surface area contributed by atoms with E-state index >= 15 is 0 Å². The van der Waals surface area contributed by atoms with Gasteiger partial charge in [0.05, 0.1) is 10.7 Å². The number of para-hydroxylation sites is 1. The Kier molecular flexibility index (Phi) is 3.89. The number of benzene rings is 1. The third-order valence-electron chi connectivity index (χ3n) is 2.39. The minimum Gasteiger partial charge on any atom is -0.376 e. The van der Waals surface area contributed by atoms with Crippen LogP contribution in [-0.2, 0) is 0 Å². The third-order valence-corrected chi connectivity index (χ3v) is 2.70. The summed E-state index contributed by atoms with van der Waals surface area (Å²) in [5.74, 6) is 0.683. The van der Waals surface area contributed by atoms with Crippen LogP contribution in [-0.4, -0.2) is 19.1 Å². The second-order valence-electron chi connectivity index (χ2n) is 3.94. The fourth-order valence-electron chi connectivity index (χ4n) is 1.52. The summed E-state index contributed by atoms with van der Waals surface area (Å²) in [4.78, 5) is 6.10. The molecule has 0 aliphatic carbocycles. The van der Waals surface area contributed by atoms with Crippen LogP contribution >= 0.6 is 11.6 Å². The minimum absolute atomic E-state index is 0.602. The van der Waals surface area contributed by atoms with E-state index in [9.17, 15) is 0 Å². The number of nitrogens with one attached hydrogen (secondary N) is 1. The lowest BCUT2D eigenvalue weighted by Gasteiger charge is -2.18. The molecule has 1 aromatic heterocycles. The van der Waals surface area contributed by atoms with E-state index in [0.29, 0.717) is 16.5 Å². The molecule has 0 fully saturated rings. The molecule has 1 radical (unpaired) electrons. The molecule has 5 heteroatoms. The fraction of sp³-hybridized carbons (Fsp3) is 0.154. The fourth-order valence-corrected chi connectivity index (χ4v) is 1.73. The Morgan fingerprint density at radius 3 is 2.67 bits per heavy atom. The Hall–Kier alpha value is -1.94. The number of aromatic nitrogens is 1. The Morgan fingerprint density at radius 1 is 1.17 bits per heavy atom. The lowest BCUT2D eigenvalue weighted by atomic mass is 10.2. The quantitative estimate of drug-likeness (QED) is 0.860. The summed E-state index contributed by atoms with van der Waals surface area (Å²) in [6.07, 6.45) is 1.71. The van der Waals surface area contributed by atoms with Gasteiger partial charge < -0.3 is 4.90 Å². The van der Waals surface area contributed by atoms with Crippen LogP contribution in [0.3, 0.4) is 0 Å². The van der Waals surface area contributed by atoms with Crippen LogP contribution in [0.4, 0.5) is 17.2 Å². The lowest BCUT2D eigenvalue weighted by Crippen LogP contribution is -2.15. The smallest absolute Gasteiger partial charge is 0.146 e. The first kappa shape index (κ1) is 12.5. The average Bonchev–Trinajstić information content (AvgIpc) is 2.38. The SMILES string of the molecule is CN(C)c1cccc(Cl)c1[N]Nc1ccccn1. The van der Waals surface area contributed by atoms with Gasteiger partial charge in [0.1, 0.15) is 11.5 Å². The lowest BCUT2D eigenvalue weighted by molar-refractivity contribution is 1.00. The highest BCUT2D eigenvalue weighted by atomic mass is 35.5. The summed E-state index contributed by atoms with van der Waals surface area (Å²) >= 11 is 6.16. The minimum atomic E-state index is 0.602. The van der Waals surface area contributed by atoms with Crippen molar-refractivity contribution in [2.75, 3.05) is 24.4 Å². The molecule has 93 valence electrons. The van der Waals surface area contributed by atoms with Crippen LogP contribution in [0.1, 0.15) is 0 Å². The molecule has 0 unspecified atom stereocenters. The molecule has 1 heterocycles. The van der Waals surface area contributed by atoms with Crippen LogP contribution in [0.15, 0.2) is 42.6 Å². The summed E-state index contributed by atoms with van der Waals surface area (Å²) in [7, 11) is 3.90. The van der Waals surface area contributed by atoms with E-state index in [1.807, 2.05) is 55.4 Å². The topological polar surface area (TPSA) is 42.3 Å². The number of anilines is 2. The van der Waals surface area contributed by atoms with Gasteiger partial charge in [-0.25, -0.2) is 4.98 Å². The maximum Gasteiger partial charge on any atom is 0.146 e. The van der Waals surface area contributed by atoms with Crippen molar-refractivity contribution < 1.29 is 0 Å². The number of halogens is 1. The molecule has 0 bridgehead atoms. The average molecular weight is 262 g/mol. The van der Waals surface area contributed by atoms with E-state index < -0.39 is 0 Å². The van der Waals surface area contributed by atoms with Crippen molar-refractivity contribution in [3.8, 4) is 0 Å². The van der Waals surface area contributed by atoms with Gasteiger partial charge in [-0.1, -0.05) is 23.7 Å². The zero-order chi connectivity index (χ0) is 13.0. The van der Waals surface area contributed by atoms with Gasteiger partial charge >= 0.3 is 0 Å². The molecule has 0 saturated heterocycles. The first-order valence-electron chi connectivity index (χ1n) is 5.52. The largest absolute Gasteiger partial charge is 0.376 e. The summed E-state index contributed by atoms with van der Waals surface area (Å²) in [5.41, 5.74) is 8.86. The van der Waals surface area contributed by atoms with Crippen molar-refractivity contribution in [2.45, 2.75) is 0 Å². The number of pyridine rings is 1. The first-order chi connectivity index (χ1) is 8.68. The normalized spacial score (nSPS) is 9.94. The summed E-state index contributed by atoms with van der Waals surface area (Å²) in [6, 6.07) is 11.3. The maximum absolute atomic E-state index is 6.16. The molecule has 4 nitrogen and oxygen atoms in total. The molecular formula is C13H14ClN4. The van der Waals surface area contributed by atoms with Gasteiger partial charge in [-0.2, -0.15) is 5.43 Å². The Labute approximate surface area is 112 Å². The standard InChI is InChI=1S/C13H14ClN4/c1-18(2)11-7-5-6-10(14)13(11)17-16-12-8-3-4-9-15-12/h3-9H,1-2H3,(H,15,16). The van der Waals surface area contributed by atoms with Crippen LogP contribution in [0.25, 0.3) is 0 Å².